The molecule has 0 saturated heterocycles. The third-order valence-electron chi connectivity index (χ3n) is 4.85. The lowest BCUT2D eigenvalue weighted by atomic mass is 10.0. The summed E-state index contributed by atoms with van der Waals surface area (Å²) in [7, 11) is 1.93. The van der Waals surface area contributed by atoms with Gasteiger partial charge in [-0.15, -0.1) is 0 Å². The van der Waals surface area contributed by atoms with Crippen LogP contribution in [0.5, 0.6) is 17.2 Å². The zero-order chi connectivity index (χ0) is 23.2. The molecule has 2 aromatic carbocycles. The number of carbonyl (C=O) groups is 1. The topological polar surface area (TPSA) is 94.2 Å². The minimum Gasteiger partial charge on any atom is -0.495 e. The van der Waals surface area contributed by atoms with Crippen LogP contribution in [0.15, 0.2) is 41.3 Å². The van der Waals surface area contributed by atoms with Crippen molar-refractivity contribution >= 4 is 15.9 Å². The Morgan fingerprint density at radius 3 is 2.16 bits per heavy atom. The van der Waals surface area contributed by atoms with E-state index in [1.165, 1.54) is 21.3 Å². The normalized spacial score (nSPS) is 11.5. The van der Waals surface area contributed by atoms with Gasteiger partial charge in [0.15, 0.2) is 11.5 Å². The predicted octanol–water partition coefficient (Wildman–Crippen LogP) is 2.77. The molecule has 2 aromatic rings. The third kappa shape index (κ3) is 5.89. The lowest BCUT2D eigenvalue weighted by molar-refractivity contribution is -0.121. The average Bonchev–Trinajstić information content (AvgIpc) is 2.76. The Morgan fingerprint density at radius 2 is 1.58 bits per heavy atom. The minimum atomic E-state index is -3.92. The molecule has 9 heteroatoms. The molecule has 170 valence electrons. The molecule has 0 aliphatic carbocycles. The highest BCUT2D eigenvalue weighted by Crippen LogP contribution is 2.30. The van der Waals surface area contributed by atoms with Gasteiger partial charge in [-0.05, 0) is 41.3 Å². The molecular formula is C22H30N2O6S. The number of nitrogens with one attached hydrogen (secondary N) is 1. The zero-order valence-electron chi connectivity index (χ0n) is 18.8. The largest absolute Gasteiger partial charge is 0.495 e. The lowest BCUT2D eigenvalue weighted by Gasteiger charge is -2.20. The highest BCUT2D eigenvalue weighted by Gasteiger charge is 2.27. The first-order valence-electron chi connectivity index (χ1n) is 9.75. The molecule has 1 amide bonds. The van der Waals surface area contributed by atoms with Crippen LogP contribution in [0.2, 0.25) is 0 Å². The van der Waals surface area contributed by atoms with E-state index in [-0.39, 0.29) is 29.7 Å². The average molecular weight is 451 g/mol. The maximum absolute atomic E-state index is 13.1. The summed E-state index contributed by atoms with van der Waals surface area (Å²) in [5.74, 6) is 1.09. The van der Waals surface area contributed by atoms with Crippen LogP contribution >= 0.6 is 0 Å². The fourth-order valence-electron chi connectivity index (χ4n) is 2.96. The van der Waals surface area contributed by atoms with Gasteiger partial charge < -0.3 is 19.5 Å². The van der Waals surface area contributed by atoms with Gasteiger partial charge in [-0.25, -0.2) is 8.42 Å². The number of benzene rings is 2. The number of nitrogens with zero attached hydrogens (tertiary/aromatic N) is 1. The van der Waals surface area contributed by atoms with Gasteiger partial charge in [-0.1, -0.05) is 26.0 Å². The van der Waals surface area contributed by atoms with Crippen molar-refractivity contribution in [3.8, 4) is 17.2 Å². The van der Waals surface area contributed by atoms with Gasteiger partial charge in [0, 0.05) is 13.6 Å². The van der Waals surface area contributed by atoms with E-state index in [2.05, 4.69) is 5.32 Å². The number of rotatable bonds is 10. The van der Waals surface area contributed by atoms with Gasteiger partial charge in [0.2, 0.25) is 15.9 Å². The number of methoxy groups -OCH3 is 3. The molecule has 0 aliphatic heterocycles. The van der Waals surface area contributed by atoms with Crippen LogP contribution in [0.25, 0.3) is 0 Å². The summed E-state index contributed by atoms with van der Waals surface area (Å²) in [5, 5.41) is 2.73. The highest BCUT2D eigenvalue weighted by atomic mass is 32.2. The van der Waals surface area contributed by atoms with Gasteiger partial charge in [-0.3, -0.25) is 4.79 Å². The molecule has 1 N–H and O–H groups in total. The van der Waals surface area contributed by atoms with Crippen molar-refractivity contribution in [1.29, 1.82) is 0 Å². The summed E-state index contributed by atoms with van der Waals surface area (Å²) >= 11 is 0. The molecule has 0 saturated carbocycles. The van der Waals surface area contributed by atoms with E-state index in [0.717, 1.165) is 15.4 Å². The number of hydrogen-bond donors (Lipinski definition) is 1. The fraction of sp³-hybridized carbons (Fsp3) is 0.409. The van der Waals surface area contributed by atoms with Crippen LogP contribution in [-0.4, -0.2) is 53.6 Å². The van der Waals surface area contributed by atoms with Gasteiger partial charge in [0.1, 0.15) is 10.6 Å². The summed E-state index contributed by atoms with van der Waals surface area (Å²) in [6.07, 6.45) is 0. The van der Waals surface area contributed by atoms with Crippen LogP contribution in [0, 0.1) is 0 Å². The van der Waals surface area contributed by atoms with Gasteiger partial charge in [-0.2, -0.15) is 4.31 Å². The smallest absolute Gasteiger partial charge is 0.246 e. The molecule has 0 aromatic heterocycles. The molecule has 0 atom stereocenters. The molecule has 0 heterocycles. The van der Waals surface area contributed by atoms with Gasteiger partial charge in [0.05, 0.1) is 27.9 Å². The van der Waals surface area contributed by atoms with Crippen molar-refractivity contribution < 1.29 is 27.4 Å². The summed E-state index contributed by atoms with van der Waals surface area (Å²) in [5.41, 5.74) is 1.66. The summed E-state index contributed by atoms with van der Waals surface area (Å²) in [6, 6.07) is 10.3. The minimum absolute atomic E-state index is 0.0383. The van der Waals surface area contributed by atoms with E-state index in [0.29, 0.717) is 11.5 Å². The Balaban J connectivity index is 2.11. The molecule has 2 rings (SSSR count). The number of likely N-dealkylation sites (N-methyl/N-ethyl adjacent to an activating group) is 1. The first-order chi connectivity index (χ1) is 14.6. The Hall–Kier alpha value is -2.78. The number of carbonyl (C=O) groups excluding carboxylic acids is 1. The number of ether oxygens (including phenoxy) is 3. The predicted molar refractivity (Wildman–Crippen MR) is 118 cm³/mol. The third-order valence-corrected chi connectivity index (χ3v) is 6.67. The van der Waals surface area contributed by atoms with Crippen LogP contribution in [0.1, 0.15) is 30.9 Å². The van der Waals surface area contributed by atoms with E-state index < -0.39 is 15.9 Å². The van der Waals surface area contributed by atoms with Gasteiger partial charge >= 0.3 is 0 Å². The number of sulfonamides is 1. The molecule has 0 radical (unpaired) electrons. The molecule has 0 aliphatic rings. The maximum Gasteiger partial charge on any atom is 0.246 e. The van der Waals surface area contributed by atoms with E-state index in [1.807, 2.05) is 19.9 Å². The Bertz CT molecular complexity index is 1020. The van der Waals surface area contributed by atoms with E-state index in [1.54, 1.807) is 37.4 Å². The van der Waals surface area contributed by atoms with Crippen molar-refractivity contribution in [2.75, 3.05) is 34.9 Å². The SMILES string of the molecule is COc1ccc(CNC(=O)CN(C)S(=O)(=O)c2cc(C(C)C)ccc2OC)cc1OC. The Morgan fingerprint density at radius 1 is 0.968 bits per heavy atom. The first-order valence-corrected chi connectivity index (χ1v) is 11.2. The van der Waals surface area contributed by atoms with E-state index in [9.17, 15) is 13.2 Å². The van der Waals surface area contributed by atoms with Crippen molar-refractivity contribution in [3.63, 3.8) is 0 Å². The first kappa shape index (κ1) is 24.5. The second-order valence-electron chi connectivity index (χ2n) is 7.29. The number of amides is 1. The van der Waals surface area contributed by atoms with Crippen molar-refractivity contribution in [1.82, 2.24) is 9.62 Å². The van der Waals surface area contributed by atoms with Gasteiger partial charge in [0.25, 0.3) is 0 Å². The van der Waals surface area contributed by atoms with Crippen LogP contribution in [0.3, 0.4) is 0 Å². The van der Waals surface area contributed by atoms with Crippen LogP contribution in [-0.2, 0) is 21.4 Å². The summed E-state index contributed by atoms with van der Waals surface area (Å²) in [6.45, 7) is 3.84. The second kappa shape index (κ2) is 10.5. The molecule has 0 bridgehead atoms. The molecule has 8 nitrogen and oxygen atoms in total. The van der Waals surface area contributed by atoms with Crippen LogP contribution in [0.4, 0.5) is 0 Å². The molecule has 31 heavy (non-hydrogen) atoms. The van der Waals surface area contributed by atoms with E-state index >= 15 is 0 Å². The molecule has 0 spiro atoms. The monoisotopic (exact) mass is 450 g/mol. The quantitative estimate of drug-likeness (QED) is 0.598. The zero-order valence-corrected chi connectivity index (χ0v) is 19.6. The van der Waals surface area contributed by atoms with Crippen molar-refractivity contribution in [2.45, 2.75) is 31.2 Å². The number of hydrogen-bond acceptors (Lipinski definition) is 6. The second-order valence-corrected chi connectivity index (χ2v) is 9.31. The van der Waals surface area contributed by atoms with Crippen LogP contribution < -0.4 is 19.5 Å². The molecule has 0 unspecified atom stereocenters. The van der Waals surface area contributed by atoms with Crippen molar-refractivity contribution in [3.05, 3.63) is 47.5 Å². The molecule has 0 fully saturated rings. The summed E-state index contributed by atoms with van der Waals surface area (Å²) < 4.78 is 42.9. The molecular weight excluding hydrogens is 420 g/mol. The Labute approximate surface area is 184 Å². The van der Waals surface area contributed by atoms with E-state index in [4.69, 9.17) is 14.2 Å². The lowest BCUT2D eigenvalue weighted by Crippen LogP contribution is -2.38. The standard InChI is InChI=1S/C22H30N2O6S/c1-15(2)17-8-10-19(29-5)21(12-17)31(26,27)24(3)14-22(25)23-13-16-7-9-18(28-4)20(11-16)30-6/h7-12,15H,13-14H2,1-6H3,(H,23,25). The van der Waals surface area contributed by atoms with Crippen molar-refractivity contribution in [2.24, 2.45) is 0 Å². The maximum atomic E-state index is 13.1. The highest BCUT2D eigenvalue weighted by molar-refractivity contribution is 7.89. The Kier molecular flexibility index (Phi) is 8.29. The summed E-state index contributed by atoms with van der Waals surface area (Å²) in [4.78, 5) is 12.4. The fourth-order valence-corrected chi connectivity index (χ4v) is 4.27.